The number of nitrogens with zero attached hydrogens (tertiary/aromatic N) is 3. The zero-order chi connectivity index (χ0) is 29.9. The Balaban J connectivity index is 1.04. The molecule has 0 saturated carbocycles. The van der Waals surface area contributed by atoms with E-state index in [1.165, 1.54) is 0 Å². The third-order valence-electron chi connectivity index (χ3n) is 9.51. The Bertz CT molecular complexity index is 1780. The molecule has 2 fully saturated rings. The van der Waals surface area contributed by atoms with E-state index in [4.69, 9.17) is 0 Å². The van der Waals surface area contributed by atoms with Crippen molar-refractivity contribution in [2.75, 3.05) is 13.1 Å². The highest BCUT2D eigenvalue weighted by molar-refractivity contribution is 6.04. The van der Waals surface area contributed by atoms with Gasteiger partial charge in [0.15, 0.2) is 5.78 Å². The molecule has 2 aromatic carbocycles. The van der Waals surface area contributed by atoms with E-state index in [-0.39, 0.29) is 41.5 Å². The van der Waals surface area contributed by atoms with Gasteiger partial charge in [0, 0.05) is 54.8 Å². The molecule has 7 rings (SSSR count). The summed E-state index contributed by atoms with van der Waals surface area (Å²) in [6.45, 7) is 7.15. The number of allylic oxidation sites excluding steroid dienone is 1. The number of likely N-dealkylation sites (tertiary alicyclic amines) is 2. The van der Waals surface area contributed by atoms with Gasteiger partial charge in [-0.25, -0.2) is 0 Å². The van der Waals surface area contributed by atoms with Gasteiger partial charge in [0.25, 0.3) is 5.91 Å². The number of aromatic nitrogens is 2. The molecule has 2 aromatic heterocycles. The maximum Gasteiger partial charge on any atom is 0.270 e. The number of rotatable bonds is 6. The fourth-order valence-corrected chi connectivity index (χ4v) is 7.05. The second kappa shape index (κ2) is 10.3. The molecule has 2 bridgehead atoms. The number of ketones is 1. The van der Waals surface area contributed by atoms with E-state index < -0.39 is 5.92 Å². The van der Waals surface area contributed by atoms with Gasteiger partial charge in [-0.1, -0.05) is 51.1 Å². The van der Waals surface area contributed by atoms with Gasteiger partial charge in [0.1, 0.15) is 5.69 Å². The minimum Gasteiger partial charge on any atom is -0.351 e. The molecule has 0 spiro atoms. The van der Waals surface area contributed by atoms with E-state index in [0.717, 1.165) is 45.2 Å². The number of aromatic amines is 1. The molecule has 3 atom stereocenters. The number of piperazine rings is 1. The van der Waals surface area contributed by atoms with Gasteiger partial charge in [-0.15, -0.1) is 0 Å². The van der Waals surface area contributed by atoms with E-state index in [9.17, 15) is 14.4 Å². The molecule has 7 heteroatoms. The third kappa shape index (κ3) is 4.97. The number of carbonyl (C=O) groups excluding carboxylic acids is 3. The summed E-state index contributed by atoms with van der Waals surface area (Å²) in [5.41, 5.74) is 6.31. The summed E-state index contributed by atoms with van der Waals surface area (Å²) in [5, 5.41) is 0.983. The van der Waals surface area contributed by atoms with Crippen LogP contribution in [0, 0.1) is 11.3 Å². The highest BCUT2D eigenvalue weighted by atomic mass is 16.2. The number of pyridine rings is 1. The highest BCUT2D eigenvalue weighted by Crippen LogP contribution is 2.39. The Hall–Kier alpha value is -4.52. The summed E-state index contributed by atoms with van der Waals surface area (Å²) in [4.78, 5) is 52.4. The van der Waals surface area contributed by atoms with Crippen LogP contribution in [0.5, 0.6) is 0 Å². The van der Waals surface area contributed by atoms with Gasteiger partial charge in [0.05, 0.1) is 18.0 Å². The quantitative estimate of drug-likeness (QED) is 0.311. The normalized spacial score (nSPS) is 19.9. The Morgan fingerprint density at radius 3 is 2.40 bits per heavy atom. The van der Waals surface area contributed by atoms with Crippen molar-refractivity contribution in [2.45, 2.75) is 52.1 Å². The Morgan fingerprint density at radius 2 is 1.67 bits per heavy atom. The first-order chi connectivity index (χ1) is 20.7. The maximum atomic E-state index is 14.0. The second-order valence-electron chi connectivity index (χ2n) is 13.3. The average Bonchev–Trinajstić information content (AvgIpc) is 3.80. The van der Waals surface area contributed by atoms with Crippen LogP contribution in [-0.2, 0) is 16.0 Å². The van der Waals surface area contributed by atoms with Crippen LogP contribution in [0.3, 0.4) is 0 Å². The monoisotopic (exact) mass is 572 g/mol. The average molecular weight is 573 g/mol. The first-order valence-corrected chi connectivity index (χ1v) is 15.1. The van der Waals surface area contributed by atoms with E-state index in [1.807, 2.05) is 85.2 Å². The summed E-state index contributed by atoms with van der Waals surface area (Å²) in [7, 11) is 0. The zero-order valence-electron chi connectivity index (χ0n) is 24.8. The number of nitrogens with one attached hydrogen (secondary N) is 1. The predicted molar refractivity (Wildman–Crippen MR) is 167 cm³/mol. The van der Waals surface area contributed by atoms with Gasteiger partial charge in [-0.3, -0.25) is 19.4 Å². The van der Waals surface area contributed by atoms with Crippen LogP contribution in [0.1, 0.15) is 55.2 Å². The number of benzene rings is 2. The van der Waals surface area contributed by atoms with Crippen molar-refractivity contribution in [3.63, 3.8) is 0 Å². The van der Waals surface area contributed by atoms with Crippen LogP contribution in [0.25, 0.3) is 28.1 Å². The van der Waals surface area contributed by atoms with Gasteiger partial charge < -0.3 is 14.8 Å². The van der Waals surface area contributed by atoms with Crippen LogP contribution < -0.4 is 0 Å². The minimum atomic E-state index is -0.420. The van der Waals surface area contributed by atoms with Gasteiger partial charge in [0.2, 0.25) is 5.91 Å². The van der Waals surface area contributed by atoms with E-state index in [2.05, 4.69) is 22.1 Å². The van der Waals surface area contributed by atoms with Crippen molar-refractivity contribution in [2.24, 2.45) is 11.3 Å². The molecule has 7 nitrogen and oxygen atoms in total. The number of H-pyrrole nitrogens is 1. The van der Waals surface area contributed by atoms with Gasteiger partial charge in [-0.05, 0) is 70.5 Å². The summed E-state index contributed by atoms with van der Waals surface area (Å²) in [6, 6.07) is 20.0. The van der Waals surface area contributed by atoms with Crippen molar-refractivity contribution in [1.82, 2.24) is 19.8 Å². The van der Waals surface area contributed by atoms with Crippen LogP contribution in [0.2, 0.25) is 0 Å². The molecule has 1 N–H and O–H groups in total. The van der Waals surface area contributed by atoms with Crippen molar-refractivity contribution in [3.05, 3.63) is 95.5 Å². The number of hydrogen-bond acceptors (Lipinski definition) is 4. The Kier molecular flexibility index (Phi) is 6.56. The number of carbonyl (C=O) groups is 3. The lowest BCUT2D eigenvalue weighted by Crippen LogP contribution is -2.53. The summed E-state index contributed by atoms with van der Waals surface area (Å²) in [6.07, 6.45) is 7.13. The van der Waals surface area contributed by atoms with Crippen LogP contribution in [-0.4, -0.2) is 62.5 Å². The molecule has 1 aliphatic carbocycles. The molecule has 0 radical (unpaired) electrons. The van der Waals surface area contributed by atoms with E-state index >= 15 is 0 Å². The summed E-state index contributed by atoms with van der Waals surface area (Å²) < 4.78 is 0. The van der Waals surface area contributed by atoms with Gasteiger partial charge in [-0.2, -0.15) is 0 Å². The molecule has 2 saturated heterocycles. The van der Waals surface area contributed by atoms with E-state index in [0.29, 0.717) is 25.2 Å². The molecule has 2 aliphatic heterocycles. The fraction of sp³-hybridized carbons (Fsp3) is 0.333. The molecule has 0 unspecified atom stereocenters. The molecule has 4 heterocycles. The predicted octanol–water partition coefficient (Wildman–Crippen LogP) is 5.92. The van der Waals surface area contributed by atoms with Crippen LogP contribution >= 0.6 is 0 Å². The molecule has 3 aliphatic rings. The molecule has 43 heavy (non-hydrogen) atoms. The summed E-state index contributed by atoms with van der Waals surface area (Å²) >= 11 is 0. The van der Waals surface area contributed by atoms with Crippen molar-refractivity contribution in [3.8, 4) is 11.1 Å². The number of fused-ring (bicyclic) bond motifs is 4. The smallest absolute Gasteiger partial charge is 0.270 e. The first kappa shape index (κ1) is 27.3. The lowest BCUT2D eigenvalue weighted by atomic mass is 9.76. The van der Waals surface area contributed by atoms with Crippen LogP contribution in [0.4, 0.5) is 0 Å². The molecule has 4 aromatic rings. The second-order valence-corrected chi connectivity index (χ2v) is 13.3. The standard InChI is InChI=1S/C36H36N4O3/c1-36(2,3)30(19-33(41)27-15-23-6-4-5-7-24(23)16-27)34(42)39-20-29-18-28(39)21-40(29)35(43)32-17-26-14-25(8-9-31(26)38-32)22-10-12-37-13-11-22/h4-15,17,28-30,38H,16,18-21H2,1-3H3/t28-,29-,30+/m0/s1. The zero-order valence-corrected chi connectivity index (χ0v) is 24.8. The first-order valence-electron chi connectivity index (χ1n) is 15.1. The number of amides is 2. The Morgan fingerprint density at radius 1 is 0.930 bits per heavy atom. The molecule has 218 valence electrons. The van der Waals surface area contributed by atoms with Crippen LogP contribution in [0.15, 0.2) is 78.6 Å². The third-order valence-corrected chi connectivity index (χ3v) is 9.51. The maximum absolute atomic E-state index is 14.0. The highest BCUT2D eigenvalue weighted by Gasteiger charge is 2.50. The molecular formula is C36H36N4O3. The van der Waals surface area contributed by atoms with Crippen molar-refractivity contribution >= 4 is 34.6 Å². The topological polar surface area (TPSA) is 86.4 Å². The van der Waals surface area contributed by atoms with Crippen molar-refractivity contribution < 1.29 is 14.4 Å². The number of hydrogen-bond donors (Lipinski definition) is 1. The minimum absolute atomic E-state index is 0.0244. The molecule has 2 amide bonds. The summed E-state index contributed by atoms with van der Waals surface area (Å²) in [5.74, 6) is -0.365. The molecular weight excluding hydrogens is 536 g/mol. The van der Waals surface area contributed by atoms with Gasteiger partial charge >= 0.3 is 0 Å². The fourth-order valence-electron chi connectivity index (χ4n) is 7.05. The lowest BCUT2D eigenvalue weighted by Gasteiger charge is -2.39. The Labute approximate surface area is 251 Å². The lowest BCUT2D eigenvalue weighted by molar-refractivity contribution is -0.143. The largest absolute Gasteiger partial charge is 0.351 e. The SMILES string of the molecule is CC(C)(C)[C@H](CC(=O)C1=Cc2ccccc2C1)C(=O)N1C[C@@H]2C[C@H]1CN2C(=O)c1cc2cc(-c3ccncc3)ccc2[nH]1. The number of Topliss-reactive ketones (excluding diaryl/α,β-unsaturated/α-hetero) is 1. The van der Waals surface area contributed by atoms with Crippen molar-refractivity contribution in [1.29, 1.82) is 0 Å². The van der Waals surface area contributed by atoms with E-state index in [1.54, 1.807) is 12.4 Å².